The van der Waals surface area contributed by atoms with Crippen LogP contribution in [-0.2, 0) is 9.53 Å². The molecule has 0 heterocycles. The standard InChI is InChI=1S/C16H20FNO3/c1-11-4-2-3-5-14(11)18-15(19)10-21-16(20)12-6-8-13(17)9-7-12/h6-9,11,14H,2-5,10H2,1H3,(H,18,19)/t11-,14+/m0/s1. The van der Waals surface area contributed by atoms with Crippen LogP contribution in [0.15, 0.2) is 24.3 Å². The Labute approximate surface area is 123 Å². The molecule has 1 aromatic rings. The molecule has 0 aromatic heterocycles. The molecule has 2 atom stereocenters. The highest BCUT2D eigenvalue weighted by Crippen LogP contribution is 2.23. The first-order valence-corrected chi connectivity index (χ1v) is 7.28. The van der Waals surface area contributed by atoms with Crippen molar-refractivity contribution in [2.75, 3.05) is 6.61 Å². The summed E-state index contributed by atoms with van der Waals surface area (Å²) in [6.07, 6.45) is 4.40. The highest BCUT2D eigenvalue weighted by Gasteiger charge is 2.23. The lowest BCUT2D eigenvalue weighted by atomic mass is 9.86. The molecule has 0 radical (unpaired) electrons. The number of hydrogen-bond donors (Lipinski definition) is 1. The van der Waals surface area contributed by atoms with Crippen LogP contribution in [0.1, 0.15) is 43.0 Å². The lowest BCUT2D eigenvalue weighted by molar-refractivity contribution is -0.125. The van der Waals surface area contributed by atoms with Crippen molar-refractivity contribution in [2.45, 2.75) is 38.6 Å². The normalized spacial score (nSPS) is 21.6. The Hall–Kier alpha value is -1.91. The van der Waals surface area contributed by atoms with E-state index in [-0.39, 0.29) is 24.1 Å². The molecule has 0 spiro atoms. The van der Waals surface area contributed by atoms with Gasteiger partial charge in [0.2, 0.25) is 0 Å². The number of esters is 1. The van der Waals surface area contributed by atoms with Crippen LogP contribution in [0.4, 0.5) is 4.39 Å². The Morgan fingerprint density at radius 1 is 1.24 bits per heavy atom. The third-order valence-electron chi connectivity index (χ3n) is 3.87. The van der Waals surface area contributed by atoms with Crippen LogP contribution in [0.25, 0.3) is 0 Å². The fourth-order valence-corrected chi connectivity index (χ4v) is 2.58. The van der Waals surface area contributed by atoms with Gasteiger partial charge in [0, 0.05) is 6.04 Å². The molecule has 1 N–H and O–H groups in total. The van der Waals surface area contributed by atoms with Gasteiger partial charge in [0.15, 0.2) is 6.61 Å². The number of benzene rings is 1. The quantitative estimate of drug-likeness (QED) is 0.868. The van der Waals surface area contributed by atoms with Crippen molar-refractivity contribution in [3.8, 4) is 0 Å². The van der Waals surface area contributed by atoms with Gasteiger partial charge in [0.1, 0.15) is 5.82 Å². The van der Waals surface area contributed by atoms with Gasteiger partial charge in [-0.3, -0.25) is 4.79 Å². The van der Waals surface area contributed by atoms with Crippen LogP contribution in [0, 0.1) is 11.7 Å². The molecule has 1 aromatic carbocycles. The molecule has 0 unspecified atom stereocenters. The van der Waals surface area contributed by atoms with Gasteiger partial charge >= 0.3 is 5.97 Å². The Balaban J connectivity index is 1.78. The van der Waals surface area contributed by atoms with Crippen molar-refractivity contribution in [2.24, 2.45) is 5.92 Å². The van der Waals surface area contributed by atoms with E-state index in [2.05, 4.69) is 12.2 Å². The molecule has 1 aliphatic rings. The molecule has 21 heavy (non-hydrogen) atoms. The molecule has 2 rings (SSSR count). The van der Waals surface area contributed by atoms with E-state index in [1.807, 2.05) is 0 Å². The fourth-order valence-electron chi connectivity index (χ4n) is 2.58. The summed E-state index contributed by atoms with van der Waals surface area (Å²) in [5.74, 6) is -0.878. The second kappa shape index (κ2) is 7.20. The van der Waals surface area contributed by atoms with Gasteiger partial charge in [-0.1, -0.05) is 19.8 Å². The summed E-state index contributed by atoms with van der Waals surface area (Å²) in [5.41, 5.74) is 0.232. The summed E-state index contributed by atoms with van der Waals surface area (Å²) in [6.45, 7) is 1.81. The number of ether oxygens (including phenoxy) is 1. The predicted octanol–water partition coefficient (Wildman–Crippen LogP) is 2.68. The second-order valence-electron chi connectivity index (χ2n) is 5.52. The molecule has 0 bridgehead atoms. The minimum Gasteiger partial charge on any atom is -0.452 e. The maximum atomic E-state index is 12.7. The van der Waals surface area contributed by atoms with Crippen molar-refractivity contribution in [3.63, 3.8) is 0 Å². The molecule has 0 saturated heterocycles. The molecule has 4 nitrogen and oxygen atoms in total. The predicted molar refractivity (Wildman–Crippen MR) is 76.2 cm³/mol. The highest BCUT2D eigenvalue weighted by atomic mass is 19.1. The zero-order chi connectivity index (χ0) is 15.2. The number of carbonyl (C=O) groups is 2. The van der Waals surface area contributed by atoms with Gasteiger partial charge in [0.05, 0.1) is 5.56 Å². The maximum absolute atomic E-state index is 12.7. The summed E-state index contributed by atoms with van der Waals surface area (Å²) < 4.78 is 17.7. The molecule has 0 aliphatic heterocycles. The van der Waals surface area contributed by atoms with Crippen LogP contribution >= 0.6 is 0 Å². The van der Waals surface area contributed by atoms with Crippen LogP contribution in [-0.4, -0.2) is 24.5 Å². The van der Waals surface area contributed by atoms with Crippen molar-refractivity contribution in [1.29, 1.82) is 0 Å². The number of carbonyl (C=O) groups excluding carboxylic acids is 2. The summed E-state index contributed by atoms with van der Waals surface area (Å²) in [4.78, 5) is 23.5. The molecule has 5 heteroatoms. The van der Waals surface area contributed by atoms with Crippen LogP contribution in [0.3, 0.4) is 0 Å². The van der Waals surface area contributed by atoms with E-state index < -0.39 is 11.8 Å². The lowest BCUT2D eigenvalue weighted by Crippen LogP contribution is -2.42. The lowest BCUT2D eigenvalue weighted by Gasteiger charge is -2.29. The monoisotopic (exact) mass is 293 g/mol. The minimum atomic E-state index is -0.623. The number of hydrogen-bond acceptors (Lipinski definition) is 3. The Morgan fingerprint density at radius 2 is 1.90 bits per heavy atom. The van der Waals surface area contributed by atoms with Crippen molar-refractivity contribution in [1.82, 2.24) is 5.32 Å². The SMILES string of the molecule is C[C@H]1CCCC[C@H]1NC(=O)COC(=O)c1ccc(F)cc1. The minimum absolute atomic E-state index is 0.163. The third-order valence-corrected chi connectivity index (χ3v) is 3.87. The van der Waals surface area contributed by atoms with E-state index >= 15 is 0 Å². The van der Waals surface area contributed by atoms with Crippen LogP contribution in [0.2, 0.25) is 0 Å². The van der Waals surface area contributed by atoms with Crippen molar-refractivity contribution in [3.05, 3.63) is 35.6 Å². The molecule has 1 fully saturated rings. The first kappa shape index (κ1) is 15.5. The number of rotatable bonds is 4. The van der Waals surface area contributed by atoms with Crippen LogP contribution < -0.4 is 5.32 Å². The Morgan fingerprint density at radius 3 is 2.57 bits per heavy atom. The van der Waals surface area contributed by atoms with E-state index in [0.717, 1.165) is 19.3 Å². The molecule has 1 amide bonds. The van der Waals surface area contributed by atoms with Gasteiger partial charge in [-0.15, -0.1) is 0 Å². The van der Waals surface area contributed by atoms with Gasteiger partial charge in [-0.2, -0.15) is 0 Å². The smallest absolute Gasteiger partial charge is 0.338 e. The second-order valence-corrected chi connectivity index (χ2v) is 5.52. The molecule has 114 valence electrons. The molecular formula is C16H20FNO3. The average molecular weight is 293 g/mol. The van der Waals surface area contributed by atoms with Crippen molar-refractivity contribution < 1.29 is 18.7 Å². The summed E-state index contributed by atoms with van der Waals surface area (Å²) in [5, 5.41) is 2.91. The third kappa shape index (κ3) is 4.55. The topological polar surface area (TPSA) is 55.4 Å². The van der Waals surface area contributed by atoms with Crippen molar-refractivity contribution >= 4 is 11.9 Å². The van der Waals surface area contributed by atoms with Gasteiger partial charge in [-0.25, -0.2) is 9.18 Å². The highest BCUT2D eigenvalue weighted by molar-refractivity contribution is 5.91. The van der Waals surface area contributed by atoms with E-state index in [1.54, 1.807) is 0 Å². The van der Waals surface area contributed by atoms with Crippen LogP contribution in [0.5, 0.6) is 0 Å². The summed E-state index contributed by atoms with van der Waals surface area (Å²) in [6, 6.07) is 5.19. The first-order chi connectivity index (χ1) is 10.1. The molecule has 1 saturated carbocycles. The molecule has 1 aliphatic carbocycles. The van der Waals surface area contributed by atoms with Gasteiger partial charge < -0.3 is 10.1 Å². The maximum Gasteiger partial charge on any atom is 0.338 e. The zero-order valence-corrected chi connectivity index (χ0v) is 12.1. The molecular weight excluding hydrogens is 273 g/mol. The largest absolute Gasteiger partial charge is 0.452 e. The first-order valence-electron chi connectivity index (χ1n) is 7.28. The van der Waals surface area contributed by atoms with E-state index in [4.69, 9.17) is 4.74 Å². The van der Waals surface area contributed by atoms with E-state index in [0.29, 0.717) is 5.92 Å². The fraction of sp³-hybridized carbons (Fsp3) is 0.500. The average Bonchev–Trinajstić information content (AvgIpc) is 2.48. The Bertz CT molecular complexity index is 501. The van der Waals surface area contributed by atoms with Gasteiger partial charge in [0.25, 0.3) is 5.91 Å². The zero-order valence-electron chi connectivity index (χ0n) is 12.1. The summed E-state index contributed by atoms with van der Waals surface area (Å²) >= 11 is 0. The number of amides is 1. The summed E-state index contributed by atoms with van der Waals surface area (Å²) in [7, 11) is 0. The number of halogens is 1. The van der Waals surface area contributed by atoms with E-state index in [1.165, 1.54) is 30.7 Å². The Kier molecular flexibility index (Phi) is 5.31. The van der Waals surface area contributed by atoms with Gasteiger partial charge in [-0.05, 0) is 43.0 Å². The van der Waals surface area contributed by atoms with E-state index in [9.17, 15) is 14.0 Å². The number of nitrogens with one attached hydrogen (secondary N) is 1.